The average Bonchev–Trinajstić information content (AvgIpc) is 2.86. The summed E-state index contributed by atoms with van der Waals surface area (Å²) in [4.78, 5) is 22.5. The van der Waals surface area contributed by atoms with Gasteiger partial charge >= 0.3 is 5.69 Å². The van der Waals surface area contributed by atoms with Crippen molar-refractivity contribution >= 4 is 16.9 Å². The molecule has 33 heavy (non-hydrogen) atoms. The third-order valence-corrected chi connectivity index (χ3v) is 5.89. The maximum Gasteiger partial charge on any atom is 0.384 e. The molecule has 1 saturated heterocycles. The lowest BCUT2D eigenvalue weighted by atomic mass is 10.0. The zero-order valence-corrected chi connectivity index (χ0v) is 18.2. The van der Waals surface area contributed by atoms with E-state index in [1.54, 1.807) is 12.1 Å². The molecular weight excluding hydrogens is 416 g/mol. The number of pyridine rings is 1. The molecule has 2 aromatic heterocycles. The summed E-state index contributed by atoms with van der Waals surface area (Å²) in [5.74, 6) is 0.400. The first-order valence-electron chi connectivity index (χ1n) is 11.1. The topological polar surface area (TPSA) is 95.3 Å². The second-order valence-corrected chi connectivity index (χ2v) is 8.21. The van der Waals surface area contributed by atoms with Crippen molar-refractivity contribution < 1.29 is 5.21 Å². The SMILES string of the molecule is O=c1nc(NCc2cccc(-c3cccc(CN4CCNCC4)c3)c2)c2cccnc2n1O. The Morgan fingerprint density at radius 3 is 2.48 bits per heavy atom. The fourth-order valence-electron chi connectivity index (χ4n) is 4.20. The van der Waals surface area contributed by atoms with E-state index in [-0.39, 0.29) is 5.65 Å². The van der Waals surface area contributed by atoms with Crippen LogP contribution in [0.4, 0.5) is 5.82 Å². The summed E-state index contributed by atoms with van der Waals surface area (Å²) in [5, 5.41) is 17.1. The molecule has 0 unspecified atom stereocenters. The number of hydrogen-bond donors (Lipinski definition) is 3. The molecule has 0 atom stereocenters. The number of nitrogens with one attached hydrogen (secondary N) is 2. The summed E-state index contributed by atoms with van der Waals surface area (Å²) >= 11 is 0. The van der Waals surface area contributed by atoms with Crippen LogP contribution in [-0.2, 0) is 13.1 Å². The van der Waals surface area contributed by atoms with Gasteiger partial charge in [-0.2, -0.15) is 4.98 Å². The molecule has 168 valence electrons. The van der Waals surface area contributed by atoms with Crippen molar-refractivity contribution in [1.29, 1.82) is 0 Å². The molecular formula is C25H26N6O2. The minimum absolute atomic E-state index is 0.176. The summed E-state index contributed by atoms with van der Waals surface area (Å²) in [7, 11) is 0. The van der Waals surface area contributed by atoms with Crippen LogP contribution in [0.15, 0.2) is 71.7 Å². The van der Waals surface area contributed by atoms with Crippen molar-refractivity contribution in [2.24, 2.45) is 0 Å². The van der Waals surface area contributed by atoms with Crippen molar-refractivity contribution in [2.45, 2.75) is 13.1 Å². The van der Waals surface area contributed by atoms with Gasteiger partial charge in [0, 0.05) is 45.5 Å². The van der Waals surface area contributed by atoms with Gasteiger partial charge < -0.3 is 15.8 Å². The van der Waals surface area contributed by atoms with E-state index in [1.165, 1.54) is 17.3 Å². The number of aromatic nitrogens is 3. The Morgan fingerprint density at radius 1 is 0.970 bits per heavy atom. The number of piperazine rings is 1. The number of nitrogens with zero attached hydrogens (tertiary/aromatic N) is 4. The number of anilines is 1. The van der Waals surface area contributed by atoms with E-state index in [9.17, 15) is 10.0 Å². The molecule has 1 fully saturated rings. The first kappa shape index (κ1) is 21.1. The van der Waals surface area contributed by atoms with Gasteiger partial charge in [-0.1, -0.05) is 36.4 Å². The van der Waals surface area contributed by atoms with Crippen LogP contribution in [0.25, 0.3) is 22.2 Å². The average molecular weight is 443 g/mol. The summed E-state index contributed by atoms with van der Waals surface area (Å²) < 4.78 is 0.467. The highest BCUT2D eigenvalue weighted by atomic mass is 16.5. The molecule has 2 aromatic carbocycles. The molecule has 0 radical (unpaired) electrons. The number of rotatable bonds is 6. The molecule has 0 spiro atoms. The zero-order chi connectivity index (χ0) is 22.6. The minimum Gasteiger partial charge on any atom is -0.422 e. The van der Waals surface area contributed by atoms with Crippen LogP contribution in [0.2, 0.25) is 0 Å². The van der Waals surface area contributed by atoms with Gasteiger partial charge in [0.1, 0.15) is 5.82 Å². The molecule has 0 bridgehead atoms. The van der Waals surface area contributed by atoms with E-state index >= 15 is 0 Å². The Balaban J connectivity index is 1.34. The molecule has 1 aliphatic heterocycles. The number of hydrogen-bond acceptors (Lipinski definition) is 7. The third-order valence-electron chi connectivity index (χ3n) is 5.89. The first-order valence-corrected chi connectivity index (χ1v) is 11.1. The fourth-order valence-corrected chi connectivity index (χ4v) is 4.20. The van der Waals surface area contributed by atoms with Crippen molar-refractivity contribution in [1.82, 2.24) is 24.9 Å². The standard InChI is InChI=1S/C25H26N6O2/c32-25-29-23(22-8-3-9-27-24(22)31(25)33)28-16-18-4-1-6-20(14-18)21-7-2-5-19(15-21)17-30-12-10-26-11-13-30/h1-9,14-15,26,33H,10-13,16-17H2,(H,28,29,32). The highest BCUT2D eigenvalue weighted by Crippen LogP contribution is 2.23. The Morgan fingerprint density at radius 2 is 1.70 bits per heavy atom. The summed E-state index contributed by atoms with van der Waals surface area (Å²) in [6.07, 6.45) is 1.53. The predicted octanol–water partition coefficient (Wildman–Crippen LogP) is 2.71. The van der Waals surface area contributed by atoms with Crippen LogP contribution in [0.5, 0.6) is 0 Å². The van der Waals surface area contributed by atoms with Gasteiger partial charge in [-0.25, -0.2) is 9.78 Å². The third kappa shape index (κ3) is 4.72. The van der Waals surface area contributed by atoms with E-state index in [0.717, 1.165) is 43.9 Å². The van der Waals surface area contributed by atoms with E-state index in [4.69, 9.17) is 0 Å². The van der Waals surface area contributed by atoms with E-state index in [2.05, 4.69) is 61.9 Å². The Kier molecular flexibility index (Phi) is 6.01. The van der Waals surface area contributed by atoms with Crippen molar-refractivity contribution in [2.75, 3.05) is 31.5 Å². The summed E-state index contributed by atoms with van der Waals surface area (Å²) in [5.41, 5.74) is 4.10. The summed E-state index contributed by atoms with van der Waals surface area (Å²) in [6.45, 7) is 5.68. The molecule has 3 heterocycles. The molecule has 8 nitrogen and oxygen atoms in total. The van der Waals surface area contributed by atoms with Crippen LogP contribution in [-0.4, -0.2) is 51.0 Å². The van der Waals surface area contributed by atoms with Crippen LogP contribution >= 0.6 is 0 Å². The van der Waals surface area contributed by atoms with Gasteiger partial charge in [0.25, 0.3) is 0 Å². The van der Waals surface area contributed by atoms with Gasteiger partial charge in [0.2, 0.25) is 0 Å². The highest BCUT2D eigenvalue weighted by molar-refractivity contribution is 5.86. The van der Waals surface area contributed by atoms with Crippen LogP contribution in [0.1, 0.15) is 11.1 Å². The second-order valence-electron chi connectivity index (χ2n) is 8.21. The maximum absolute atomic E-state index is 12.0. The van der Waals surface area contributed by atoms with Gasteiger partial charge in [0.05, 0.1) is 5.39 Å². The quantitative estimate of drug-likeness (QED) is 0.395. The predicted molar refractivity (Wildman–Crippen MR) is 128 cm³/mol. The van der Waals surface area contributed by atoms with Gasteiger partial charge in [0.15, 0.2) is 5.65 Å². The van der Waals surface area contributed by atoms with Crippen LogP contribution < -0.4 is 16.3 Å². The fraction of sp³-hybridized carbons (Fsp3) is 0.240. The lowest BCUT2D eigenvalue weighted by molar-refractivity contribution is 0.182. The molecule has 3 N–H and O–H groups in total. The van der Waals surface area contributed by atoms with Crippen LogP contribution in [0, 0.1) is 0 Å². The highest BCUT2D eigenvalue weighted by Gasteiger charge is 2.12. The normalized spacial score (nSPS) is 14.4. The van der Waals surface area contributed by atoms with Gasteiger partial charge in [-0.05, 0) is 46.5 Å². The molecule has 5 rings (SSSR count). The van der Waals surface area contributed by atoms with E-state index in [0.29, 0.717) is 22.5 Å². The first-order chi connectivity index (χ1) is 16.2. The molecule has 0 aliphatic carbocycles. The number of benzene rings is 2. The Labute approximate surface area is 191 Å². The molecule has 0 amide bonds. The monoisotopic (exact) mass is 442 g/mol. The van der Waals surface area contributed by atoms with Crippen molar-refractivity contribution in [3.05, 3.63) is 88.5 Å². The number of fused-ring (bicyclic) bond motifs is 1. The molecule has 1 aliphatic rings. The lowest BCUT2D eigenvalue weighted by Gasteiger charge is -2.27. The molecule has 4 aromatic rings. The van der Waals surface area contributed by atoms with Gasteiger partial charge in [-0.3, -0.25) is 4.90 Å². The second kappa shape index (κ2) is 9.40. The van der Waals surface area contributed by atoms with Gasteiger partial charge in [-0.15, -0.1) is 4.73 Å². The molecule has 0 saturated carbocycles. The van der Waals surface area contributed by atoms with E-state index in [1.807, 2.05) is 12.1 Å². The van der Waals surface area contributed by atoms with E-state index < -0.39 is 5.69 Å². The van der Waals surface area contributed by atoms with Crippen molar-refractivity contribution in [3.8, 4) is 11.1 Å². The largest absolute Gasteiger partial charge is 0.422 e. The summed E-state index contributed by atoms with van der Waals surface area (Å²) in [6, 6.07) is 20.5. The van der Waals surface area contributed by atoms with Crippen LogP contribution in [0.3, 0.4) is 0 Å². The Bertz CT molecular complexity index is 1330. The van der Waals surface area contributed by atoms with Crippen molar-refractivity contribution in [3.63, 3.8) is 0 Å². The maximum atomic E-state index is 12.0. The Hall–Kier alpha value is -3.75. The lowest BCUT2D eigenvalue weighted by Crippen LogP contribution is -2.42. The smallest absolute Gasteiger partial charge is 0.384 e. The molecule has 8 heteroatoms. The minimum atomic E-state index is -0.765. The zero-order valence-electron chi connectivity index (χ0n) is 18.2.